The van der Waals surface area contributed by atoms with Crippen molar-refractivity contribution in [3.8, 4) is 0 Å². The molecule has 0 aliphatic rings. The summed E-state index contributed by atoms with van der Waals surface area (Å²) in [4.78, 5) is 6.06. The van der Waals surface area contributed by atoms with E-state index in [1.165, 1.54) is 17.6 Å². The van der Waals surface area contributed by atoms with Gasteiger partial charge in [-0.3, -0.25) is 0 Å². The van der Waals surface area contributed by atoms with Gasteiger partial charge in [0.15, 0.2) is 5.82 Å². The molecule has 5 nitrogen and oxygen atoms in total. The van der Waals surface area contributed by atoms with Gasteiger partial charge in [0, 0.05) is 39.3 Å². The molecule has 5 heteroatoms. The maximum Gasteiger partial charge on any atom is 0.213 e. The molecule has 2 rings (SSSR count). The van der Waals surface area contributed by atoms with Crippen LogP contribution in [0, 0.1) is 0 Å². The van der Waals surface area contributed by atoms with Crippen LogP contribution in [0.1, 0.15) is 11.4 Å². The minimum Gasteiger partial charge on any atom is -0.378 e. The molecule has 0 radical (unpaired) electrons. The number of anilines is 1. The Morgan fingerprint density at radius 2 is 2.00 bits per heavy atom. The molecule has 0 saturated heterocycles. The summed E-state index contributed by atoms with van der Waals surface area (Å²) in [6.45, 7) is 1.69. The maximum atomic E-state index is 4.67. The van der Waals surface area contributed by atoms with Gasteiger partial charge in [0.1, 0.15) is 0 Å². The van der Waals surface area contributed by atoms with Crippen LogP contribution < -0.4 is 10.2 Å². The van der Waals surface area contributed by atoms with Crippen LogP contribution in [0.15, 0.2) is 35.2 Å². The standard InChI is InChI=1S/C13H18N4O/c1-17(2)12-5-3-11(4-6-12)9-14-8-7-13-15-10-18-16-13/h3-6,10,14H,7-9H2,1-2H3. The molecule has 0 bridgehead atoms. The van der Waals surface area contributed by atoms with Crippen LogP contribution in [-0.4, -0.2) is 30.8 Å². The van der Waals surface area contributed by atoms with Crippen molar-refractivity contribution in [3.05, 3.63) is 42.0 Å². The highest BCUT2D eigenvalue weighted by molar-refractivity contribution is 5.45. The van der Waals surface area contributed by atoms with Gasteiger partial charge in [-0.15, -0.1) is 0 Å². The van der Waals surface area contributed by atoms with E-state index in [9.17, 15) is 0 Å². The third-order valence-electron chi connectivity index (χ3n) is 2.71. The van der Waals surface area contributed by atoms with Crippen LogP contribution in [0.4, 0.5) is 5.69 Å². The van der Waals surface area contributed by atoms with Gasteiger partial charge in [-0.1, -0.05) is 17.3 Å². The van der Waals surface area contributed by atoms with Crippen LogP contribution in [0.5, 0.6) is 0 Å². The van der Waals surface area contributed by atoms with Crippen molar-refractivity contribution in [2.75, 3.05) is 25.5 Å². The fourth-order valence-corrected chi connectivity index (χ4v) is 1.65. The molecule has 96 valence electrons. The van der Waals surface area contributed by atoms with Crippen molar-refractivity contribution in [2.24, 2.45) is 0 Å². The van der Waals surface area contributed by atoms with Crippen LogP contribution in [0.2, 0.25) is 0 Å². The molecule has 1 heterocycles. The molecule has 0 aliphatic carbocycles. The highest BCUT2D eigenvalue weighted by Gasteiger charge is 1.99. The number of rotatable bonds is 6. The van der Waals surface area contributed by atoms with E-state index < -0.39 is 0 Å². The first-order chi connectivity index (χ1) is 8.75. The van der Waals surface area contributed by atoms with Gasteiger partial charge in [-0.25, -0.2) is 0 Å². The zero-order valence-corrected chi connectivity index (χ0v) is 10.8. The summed E-state index contributed by atoms with van der Waals surface area (Å²) >= 11 is 0. The van der Waals surface area contributed by atoms with Crippen LogP contribution in [0.25, 0.3) is 0 Å². The molecule has 2 aromatic rings. The lowest BCUT2D eigenvalue weighted by molar-refractivity contribution is 0.409. The monoisotopic (exact) mass is 246 g/mol. The molecular weight excluding hydrogens is 228 g/mol. The number of hydrogen-bond acceptors (Lipinski definition) is 5. The van der Waals surface area contributed by atoms with Crippen LogP contribution in [0.3, 0.4) is 0 Å². The normalized spacial score (nSPS) is 10.6. The van der Waals surface area contributed by atoms with E-state index in [-0.39, 0.29) is 0 Å². The zero-order chi connectivity index (χ0) is 12.8. The third-order valence-corrected chi connectivity index (χ3v) is 2.71. The Balaban J connectivity index is 1.73. The topological polar surface area (TPSA) is 54.2 Å². The maximum absolute atomic E-state index is 4.67. The highest BCUT2D eigenvalue weighted by atomic mass is 16.5. The SMILES string of the molecule is CN(C)c1ccc(CNCCc2ncon2)cc1. The summed E-state index contributed by atoms with van der Waals surface area (Å²) in [5.41, 5.74) is 2.49. The summed E-state index contributed by atoms with van der Waals surface area (Å²) < 4.78 is 4.67. The first kappa shape index (κ1) is 12.6. The van der Waals surface area contributed by atoms with E-state index in [0.717, 1.165) is 25.3 Å². The lowest BCUT2D eigenvalue weighted by atomic mass is 10.2. The van der Waals surface area contributed by atoms with Gasteiger partial charge in [0.25, 0.3) is 0 Å². The van der Waals surface area contributed by atoms with Crippen molar-refractivity contribution in [3.63, 3.8) is 0 Å². The van der Waals surface area contributed by atoms with Crippen LogP contribution >= 0.6 is 0 Å². The second-order valence-corrected chi connectivity index (χ2v) is 4.34. The predicted octanol–water partition coefficient (Wildman–Crippen LogP) is 1.47. The summed E-state index contributed by atoms with van der Waals surface area (Å²) in [5.74, 6) is 0.741. The minimum atomic E-state index is 0.741. The summed E-state index contributed by atoms with van der Waals surface area (Å²) in [6.07, 6.45) is 2.14. The van der Waals surface area contributed by atoms with Gasteiger partial charge >= 0.3 is 0 Å². The molecule has 0 spiro atoms. The predicted molar refractivity (Wildman–Crippen MR) is 70.5 cm³/mol. The lowest BCUT2D eigenvalue weighted by Gasteiger charge is -2.12. The van der Waals surface area contributed by atoms with E-state index in [2.05, 4.69) is 49.1 Å². The van der Waals surface area contributed by atoms with Gasteiger partial charge in [-0.05, 0) is 17.7 Å². The van der Waals surface area contributed by atoms with Crippen molar-refractivity contribution < 1.29 is 4.52 Å². The molecule has 0 amide bonds. The van der Waals surface area contributed by atoms with E-state index in [1.807, 2.05) is 14.1 Å². The molecule has 1 aromatic heterocycles. The summed E-state index contributed by atoms with van der Waals surface area (Å²) in [6, 6.07) is 8.51. The second kappa shape index (κ2) is 6.16. The molecule has 1 aromatic carbocycles. The number of nitrogens with one attached hydrogen (secondary N) is 1. The zero-order valence-electron chi connectivity index (χ0n) is 10.8. The average molecular weight is 246 g/mol. The van der Waals surface area contributed by atoms with Crippen LogP contribution in [-0.2, 0) is 13.0 Å². The van der Waals surface area contributed by atoms with E-state index in [4.69, 9.17) is 0 Å². The molecule has 18 heavy (non-hydrogen) atoms. The van der Waals surface area contributed by atoms with Gasteiger partial charge in [0.05, 0.1) is 0 Å². The lowest BCUT2D eigenvalue weighted by Crippen LogP contribution is -2.17. The molecule has 0 saturated carbocycles. The van der Waals surface area contributed by atoms with Crippen molar-refractivity contribution in [2.45, 2.75) is 13.0 Å². The number of hydrogen-bond donors (Lipinski definition) is 1. The second-order valence-electron chi connectivity index (χ2n) is 4.34. The molecule has 0 aliphatic heterocycles. The van der Waals surface area contributed by atoms with E-state index >= 15 is 0 Å². The summed E-state index contributed by atoms with van der Waals surface area (Å²) in [5, 5.41) is 7.11. The molecule has 1 N–H and O–H groups in total. The Morgan fingerprint density at radius 3 is 2.61 bits per heavy atom. The minimum absolute atomic E-state index is 0.741. The largest absolute Gasteiger partial charge is 0.378 e. The fraction of sp³-hybridized carbons (Fsp3) is 0.385. The number of benzene rings is 1. The Labute approximate surface area is 107 Å². The molecule has 0 atom stereocenters. The van der Waals surface area contributed by atoms with Gasteiger partial charge in [-0.2, -0.15) is 4.98 Å². The summed E-state index contributed by atoms with van der Waals surface area (Å²) in [7, 11) is 4.08. The van der Waals surface area contributed by atoms with E-state index in [1.54, 1.807) is 0 Å². The van der Waals surface area contributed by atoms with Crippen molar-refractivity contribution in [1.82, 2.24) is 15.5 Å². The van der Waals surface area contributed by atoms with Gasteiger partial charge < -0.3 is 14.7 Å². The Kier molecular flexibility index (Phi) is 4.30. The molecular formula is C13H18N4O. The smallest absolute Gasteiger partial charge is 0.213 e. The highest BCUT2D eigenvalue weighted by Crippen LogP contribution is 2.11. The first-order valence-corrected chi connectivity index (χ1v) is 5.98. The molecule has 0 unspecified atom stereocenters. The Bertz CT molecular complexity index is 450. The Hall–Kier alpha value is -1.88. The Morgan fingerprint density at radius 1 is 1.22 bits per heavy atom. The van der Waals surface area contributed by atoms with Gasteiger partial charge in [0.2, 0.25) is 6.39 Å². The van der Waals surface area contributed by atoms with Crippen molar-refractivity contribution in [1.29, 1.82) is 0 Å². The van der Waals surface area contributed by atoms with Crippen molar-refractivity contribution >= 4 is 5.69 Å². The fourth-order valence-electron chi connectivity index (χ4n) is 1.65. The molecule has 0 fully saturated rings. The van der Waals surface area contributed by atoms with E-state index in [0.29, 0.717) is 0 Å². The third kappa shape index (κ3) is 3.56. The number of aromatic nitrogens is 2. The quantitative estimate of drug-likeness (QED) is 0.782. The average Bonchev–Trinajstić information content (AvgIpc) is 2.88. The number of nitrogens with zero attached hydrogens (tertiary/aromatic N) is 3. The first-order valence-electron chi connectivity index (χ1n) is 5.98.